The molecule has 510 valence electrons. The molecule has 10 aromatic carbocycles. The van der Waals surface area contributed by atoms with E-state index in [1.54, 1.807) is 12.4 Å². The number of furan rings is 5. The van der Waals surface area contributed by atoms with Crippen molar-refractivity contribution in [3.63, 3.8) is 0 Å². The van der Waals surface area contributed by atoms with E-state index < -0.39 is 0 Å². The van der Waals surface area contributed by atoms with Gasteiger partial charge in [0.25, 0.3) is 0 Å². The monoisotopic (exact) mass is 1370 g/mol. The lowest BCUT2D eigenvalue weighted by molar-refractivity contribution is 0.655. The van der Waals surface area contributed by atoms with E-state index in [0.717, 1.165) is 170 Å². The molecule has 0 aliphatic rings. The molecule has 0 saturated carbocycles. The van der Waals surface area contributed by atoms with Gasteiger partial charge in [0.1, 0.15) is 44.5 Å². The predicted molar refractivity (Wildman–Crippen MR) is 432 cm³/mol. The molecule has 10 heterocycles. The fourth-order valence-corrected chi connectivity index (χ4v) is 14.1. The molecule has 0 radical (unpaired) electrons. The summed E-state index contributed by atoms with van der Waals surface area (Å²) in [6.45, 7) is 10.9. The van der Waals surface area contributed by atoms with Gasteiger partial charge in [-0.25, -0.2) is 4.98 Å². The molecule has 0 spiro atoms. The van der Waals surface area contributed by atoms with Crippen molar-refractivity contribution in [2.45, 2.75) is 66.7 Å². The maximum atomic E-state index is 6.07. The Morgan fingerprint density at radius 2 is 0.629 bits per heavy atom. The lowest BCUT2D eigenvalue weighted by Gasteiger charge is -2.04. The van der Waals surface area contributed by atoms with Gasteiger partial charge in [0.05, 0.1) is 6.20 Å². The molecule has 0 atom stereocenters. The van der Waals surface area contributed by atoms with Crippen molar-refractivity contribution in [1.82, 2.24) is 24.9 Å². The Bertz CT molecular complexity index is 5600. The van der Waals surface area contributed by atoms with E-state index in [1.165, 1.54) is 50.1 Å². The summed E-state index contributed by atoms with van der Waals surface area (Å²) in [6.07, 6.45) is 17.9. The first-order valence-electron chi connectivity index (χ1n) is 36.1. The first-order valence-corrected chi connectivity index (χ1v) is 36.1. The molecule has 0 bridgehead atoms. The lowest BCUT2D eigenvalue weighted by Crippen LogP contribution is -1.84. The van der Waals surface area contributed by atoms with Crippen LogP contribution in [0.25, 0.3) is 166 Å². The lowest BCUT2D eigenvalue weighted by atomic mass is 10.00. The molecule has 10 heteroatoms. The summed E-state index contributed by atoms with van der Waals surface area (Å²) in [7, 11) is 0. The van der Waals surface area contributed by atoms with E-state index in [9.17, 15) is 0 Å². The summed E-state index contributed by atoms with van der Waals surface area (Å²) < 4.78 is 30.2. The normalized spacial score (nSPS) is 11.3. The van der Waals surface area contributed by atoms with Crippen LogP contribution in [0.5, 0.6) is 0 Å². The SMILES string of the molecule is CCc1cccc(-c2cccc3c2oc2cccnc23)c1.CCc1cccc(-c2cccc3c2oc2cnccc23)c1.CCc1cccc(-c2cccc3c2oc2ncccc23)c1.CCc1cccc(-c2ccnc3c2oc2ccccc23)c1.CCc1cccc(-c2cncc3c2oc2ccccc23)c1. The van der Waals surface area contributed by atoms with Gasteiger partial charge in [-0.3, -0.25) is 19.9 Å². The van der Waals surface area contributed by atoms with Crippen LogP contribution in [0, 0.1) is 0 Å². The number of pyridine rings is 5. The second-order valence-corrected chi connectivity index (χ2v) is 26.0. The van der Waals surface area contributed by atoms with E-state index in [4.69, 9.17) is 22.1 Å². The van der Waals surface area contributed by atoms with Gasteiger partial charge in [-0.2, -0.15) is 0 Å². The van der Waals surface area contributed by atoms with Gasteiger partial charge in [-0.05, 0) is 148 Å². The molecule has 105 heavy (non-hydrogen) atoms. The number of aryl methyl sites for hydroxylation is 5. The molecule has 0 saturated heterocycles. The minimum atomic E-state index is 0.701. The fourth-order valence-electron chi connectivity index (χ4n) is 14.1. The summed E-state index contributed by atoms with van der Waals surface area (Å²) in [5.74, 6) is 0. The molecule has 10 aromatic heterocycles. The van der Waals surface area contributed by atoms with Crippen LogP contribution in [0.3, 0.4) is 0 Å². The number of benzene rings is 10. The molecular weight excluding hydrogens is 1290 g/mol. The van der Waals surface area contributed by atoms with Crippen LogP contribution in [0.1, 0.15) is 62.4 Å². The molecular formula is C95H75N5O5. The minimum absolute atomic E-state index is 0.701. The van der Waals surface area contributed by atoms with Crippen molar-refractivity contribution in [3.05, 3.63) is 332 Å². The number of aromatic nitrogens is 5. The maximum absolute atomic E-state index is 6.07. The largest absolute Gasteiger partial charge is 0.455 e. The van der Waals surface area contributed by atoms with Gasteiger partial charge < -0.3 is 22.1 Å². The van der Waals surface area contributed by atoms with E-state index in [-0.39, 0.29) is 0 Å². The molecule has 0 fully saturated rings. The quantitative estimate of drug-likeness (QED) is 0.130. The summed E-state index contributed by atoms with van der Waals surface area (Å²) >= 11 is 0. The highest BCUT2D eigenvalue weighted by molar-refractivity contribution is 6.12. The fraction of sp³-hybridized carbons (Fsp3) is 0.105. The molecule has 10 nitrogen and oxygen atoms in total. The van der Waals surface area contributed by atoms with Crippen molar-refractivity contribution >= 4 is 110 Å². The van der Waals surface area contributed by atoms with Gasteiger partial charge in [-0.15, -0.1) is 0 Å². The van der Waals surface area contributed by atoms with Crippen molar-refractivity contribution in [1.29, 1.82) is 0 Å². The van der Waals surface area contributed by atoms with Crippen LogP contribution in [0.2, 0.25) is 0 Å². The zero-order chi connectivity index (χ0) is 71.2. The van der Waals surface area contributed by atoms with E-state index in [0.29, 0.717) is 5.71 Å². The number of para-hydroxylation sites is 5. The summed E-state index contributed by atoms with van der Waals surface area (Å²) in [5, 5.41) is 8.79. The number of rotatable bonds is 10. The molecule has 0 aliphatic heterocycles. The standard InChI is InChI=1S/5C19H15NO/c1-2-13-6-3-7-14(12-13)15-8-4-9-16-18-17(21-19(15)16)10-5-11-20-18;1-2-13-6-3-7-14(12-13)15-8-4-9-16-17-10-5-11-20-19(17)21-18(15)16;1-2-13-5-3-6-14(11-13)15-7-4-8-17-16-9-10-20-12-18(16)21-19(15)17;1-2-13-6-5-7-14(10-13)16-11-20-12-17-15-8-3-4-9-18(15)21-19(16)17;1-2-13-6-5-7-14(12-13)15-10-11-20-18-16-8-3-4-9-17(16)21-19(15)18/h5*3-12H,2H2,1H3. The second-order valence-electron chi connectivity index (χ2n) is 26.0. The predicted octanol–water partition coefficient (Wildman–Crippen LogP) is 26.1. The zero-order valence-corrected chi connectivity index (χ0v) is 59.2. The van der Waals surface area contributed by atoms with E-state index >= 15 is 0 Å². The molecule has 20 rings (SSSR count). The Morgan fingerprint density at radius 3 is 1.22 bits per heavy atom. The van der Waals surface area contributed by atoms with Crippen molar-refractivity contribution < 1.29 is 22.1 Å². The molecule has 0 N–H and O–H groups in total. The summed E-state index contributed by atoms with van der Waals surface area (Å²) in [4.78, 5) is 21.8. The average molecular weight is 1370 g/mol. The van der Waals surface area contributed by atoms with Crippen LogP contribution in [0.4, 0.5) is 0 Å². The third-order valence-electron chi connectivity index (χ3n) is 19.6. The van der Waals surface area contributed by atoms with Crippen molar-refractivity contribution in [2.75, 3.05) is 0 Å². The van der Waals surface area contributed by atoms with Gasteiger partial charge >= 0.3 is 0 Å². The highest BCUT2D eigenvalue weighted by Gasteiger charge is 2.18. The highest BCUT2D eigenvalue weighted by Crippen LogP contribution is 2.41. The third kappa shape index (κ3) is 13.4. The number of hydrogen-bond donors (Lipinski definition) is 0. The Morgan fingerprint density at radius 1 is 0.229 bits per heavy atom. The number of nitrogens with zero attached hydrogens (tertiary/aromatic N) is 5. The Balaban J connectivity index is 0.000000101. The summed E-state index contributed by atoms with van der Waals surface area (Å²) in [5.41, 5.74) is 28.7. The first kappa shape index (κ1) is 66.5. The topological polar surface area (TPSA) is 130 Å². The maximum Gasteiger partial charge on any atom is 0.227 e. The smallest absolute Gasteiger partial charge is 0.227 e. The Kier molecular flexibility index (Phi) is 18.9. The first-order chi connectivity index (χ1) is 51.8. The van der Waals surface area contributed by atoms with Gasteiger partial charge in [0.2, 0.25) is 5.71 Å². The molecule has 0 amide bonds. The Labute approximate surface area is 608 Å². The molecule has 0 unspecified atom stereocenters. The van der Waals surface area contributed by atoms with Gasteiger partial charge in [0, 0.05) is 108 Å². The van der Waals surface area contributed by atoms with Crippen molar-refractivity contribution in [3.8, 4) is 55.6 Å². The van der Waals surface area contributed by atoms with Crippen LogP contribution < -0.4 is 0 Å². The second kappa shape index (κ2) is 29.9. The zero-order valence-electron chi connectivity index (χ0n) is 59.2. The van der Waals surface area contributed by atoms with Crippen LogP contribution >= 0.6 is 0 Å². The Hall–Kier alpha value is -13.1. The number of fused-ring (bicyclic) bond motifs is 15. The van der Waals surface area contributed by atoms with E-state index in [1.807, 2.05) is 97.7 Å². The van der Waals surface area contributed by atoms with Crippen LogP contribution in [-0.4, -0.2) is 24.9 Å². The number of hydrogen-bond acceptors (Lipinski definition) is 10. The third-order valence-corrected chi connectivity index (χ3v) is 19.6. The van der Waals surface area contributed by atoms with Crippen molar-refractivity contribution in [2.24, 2.45) is 0 Å². The average Bonchev–Trinajstić information content (AvgIpc) is 1.68. The molecule has 20 aromatic rings. The minimum Gasteiger partial charge on any atom is -0.455 e. The summed E-state index contributed by atoms with van der Waals surface area (Å²) in [6, 6.07) is 90.0. The van der Waals surface area contributed by atoms with Gasteiger partial charge in [0.15, 0.2) is 16.7 Å². The molecule has 0 aliphatic carbocycles. The van der Waals surface area contributed by atoms with E-state index in [2.05, 4.69) is 254 Å². The highest BCUT2D eigenvalue weighted by atomic mass is 16.3. The van der Waals surface area contributed by atoms with Gasteiger partial charge in [-0.1, -0.05) is 235 Å². The van der Waals surface area contributed by atoms with Crippen LogP contribution in [0.15, 0.2) is 326 Å². The van der Waals surface area contributed by atoms with Crippen LogP contribution in [-0.2, 0) is 32.1 Å².